The average Bonchev–Trinajstić information content (AvgIpc) is 3.43. The molecule has 0 saturated heterocycles. The van der Waals surface area contributed by atoms with Crippen molar-refractivity contribution in [1.29, 1.82) is 0 Å². The van der Waals surface area contributed by atoms with Crippen LogP contribution in [0.2, 0.25) is 0 Å². The van der Waals surface area contributed by atoms with Crippen molar-refractivity contribution in [3.05, 3.63) is 18.2 Å². The molecular formula is C39H77IN2. The number of aromatic nitrogens is 2. The van der Waals surface area contributed by atoms with E-state index in [1.807, 2.05) is 0 Å². The van der Waals surface area contributed by atoms with Crippen LogP contribution in [0.25, 0.3) is 0 Å². The predicted octanol–water partition coefficient (Wildman–Crippen LogP) is 10.4. The number of hydrogen-bond acceptors (Lipinski definition) is 0. The monoisotopic (exact) mass is 701 g/mol. The topological polar surface area (TPSA) is 19.7 Å². The highest BCUT2D eigenvalue weighted by atomic mass is 127. The molecule has 0 radical (unpaired) electrons. The van der Waals surface area contributed by atoms with Crippen LogP contribution >= 0.6 is 0 Å². The van der Waals surface area contributed by atoms with Crippen molar-refractivity contribution >= 4 is 0 Å². The van der Waals surface area contributed by atoms with Crippen molar-refractivity contribution in [1.82, 2.24) is 4.98 Å². The third kappa shape index (κ3) is 28.7. The summed E-state index contributed by atoms with van der Waals surface area (Å²) in [7, 11) is 0. The maximum absolute atomic E-state index is 3.53. The third-order valence-electron chi connectivity index (χ3n) is 9.37. The van der Waals surface area contributed by atoms with Gasteiger partial charge in [-0.2, -0.15) is 0 Å². The quantitative estimate of drug-likeness (QED) is 0.0420. The van der Waals surface area contributed by atoms with Crippen LogP contribution in [0.1, 0.15) is 225 Å². The van der Waals surface area contributed by atoms with Gasteiger partial charge in [-0.3, -0.25) is 0 Å². The second-order valence-corrected chi connectivity index (χ2v) is 13.5. The van der Waals surface area contributed by atoms with Crippen molar-refractivity contribution in [2.45, 2.75) is 232 Å². The molecule has 42 heavy (non-hydrogen) atoms. The highest BCUT2D eigenvalue weighted by Gasteiger charge is 2.09. The van der Waals surface area contributed by atoms with Gasteiger partial charge in [0.15, 0.2) is 0 Å². The van der Waals surface area contributed by atoms with E-state index in [2.05, 4.69) is 35.8 Å². The molecule has 250 valence electrons. The largest absolute Gasteiger partial charge is 1.00 e. The van der Waals surface area contributed by atoms with Gasteiger partial charge in [-0.1, -0.05) is 200 Å². The van der Waals surface area contributed by atoms with E-state index in [4.69, 9.17) is 0 Å². The molecule has 1 aromatic heterocycles. The lowest BCUT2D eigenvalue weighted by molar-refractivity contribution is -0.703. The molecule has 0 aliphatic rings. The zero-order valence-corrected chi connectivity index (χ0v) is 31.2. The van der Waals surface area contributed by atoms with E-state index in [-0.39, 0.29) is 24.0 Å². The highest BCUT2D eigenvalue weighted by molar-refractivity contribution is 4.77. The molecule has 1 heterocycles. The Bertz CT molecular complexity index is 563. The van der Waals surface area contributed by atoms with Gasteiger partial charge in [0, 0.05) is 6.42 Å². The molecule has 0 bridgehead atoms. The lowest BCUT2D eigenvalue weighted by Gasteiger charge is -2.04. The van der Waals surface area contributed by atoms with Crippen LogP contribution in [0.5, 0.6) is 0 Å². The van der Waals surface area contributed by atoms with Crippen LogP contribution in [0.3, 0.4) is 0 Å². The summed E-state index contributed by atoms with van der Waals surface area (Å²) in [4.78, 5) is 3.53. The average molecular weight is 701 g/mol. The van der Waals surface area contributed by atoms with Crippen LogP contribution in [-0.2, 0) is 13.0 Å². The van der Waals surface area contributed by atoms with Crippen molar-refractivity contribution < 1.29 is 28.5 Å². The van der Waals surface area contributed by atoms with E-state index >= 15 is 0 Å². The molecule has 1 rings (SSSR count). The Morgan fingerprint density at radius 3 is 1.02 bits per heavy atom. The third-order valence-corrected chi connectivity index (χ3v) is 9.37. The van der Waals surface area contributed by atoms with Crippen LogP contribution < -0.4 is 28.5 Å². The summed E-state index contributed by atoms with van der Waals surface area (Å²) >= 11 is 0. The minimum Gasteiger partial charge on any atom is -1.00 e. The maximum atomic E-state index is 3.53. The summed E-state index contributed by atoms with van der Waals surface area (Å²) in [5.74, 6) is 1.45. The number of unbranched alkanes of at least 4 members (excludes halogenated alkanes) is 30. The maximum Gasteiger partial charge on any atom is 0.254 e. The fourth-order valence-electron chi connectivity index (χ4n) is 6.49. The van der Waals surface area contributed by atoms with Gasteiger partial charge >= 0.3 is 0 Å². The summed E-state index contributed by atoms with van der Waals surface area (Å²) < 4.78 is 2.50. The number of nitrogens with one attached hydrogen (secondary N) is 1. The van der Waals surface area contributed by atoms with Gasteiger partial charge in [0.05, 0.1) is 6.54 Å². The van der Waals surface area contributed by atoms with Crippen LogP contribution in [0.15, 0.2) is 12.4 Å². The van der Waals surface area contributed by atoms with E-state index in [1.165, 1.54) is 224 Å². The first kappa shape index (κ1) is 41.9. The van der Waals surface area contributed by atoms with Crippen molar-refractivity contribution in [2.24, 2.45) is 0 Å². The predicted molar refractivity (Wildman–Crippen MR) is 184 cm³/mol. The fraction of sp³-hybridized carbons (Fsp3) is 0.923. The van der Waals surface area contributed by atoms with E-state index in [0.717, 1.165) is 0 Å². The number of hydrogen-bond donors (Lipinski definition) is 1. The minimum absolute atomic E-state index is 0. The number of imidazole rings is 1. The van der Waals surface area contributed by atoms with E-state index < -0.39 is 0 Å². The minimum atomic E-state index is 0. The first-order valence-corrected chi connectivity index (χ1v) is 19.4. The Labute approximate surface area is 282 Å². The molecule has 1 aromatic rings. The summed E-state index contributed by atoms with van der Waals surface area (Å²) in [6.45, 7) is 5.82. The molecule has 0 aromatic carbocycles. The molecule has 0 unspecified atom stereocenters. The summed E-state index contributed by atoms with van der Waals surface area (Å²) in [6, 6.07) is 0. The summed E-state index contributed by atoms with van der Waals surface area (Å²) in [6.07, 6.45) is 51.9. The second kappa shape index (κ2) is 35.4. The van der Waals surface area contributed by atoms with Gasteiger partial charge < -0.3 is 24.0 Å². The van der Waals surface area contributed by atoms with Gasteiger partial charge in [0.2, 0.25) is 0 Å². The smallest absolute Gasteiger partial charge is 0.254 e. The zero-order chi connectivity index (χ0) is 29.3. The van der Waals surface area contributed by atoms with Gasteiger partial charge in [0.25, 0.3) is 5.82 Å². The molecule has 1 N–H and O–H groups in total. The first-order chi connectivity index (χ1) is 20.4. The van der Waals surface area contributed by atoms with Crippen LogP contribution in [0, 0.1) is 0 Å². The highest BCUT2D eigenvalue weighted by Crippen LogP contribution is 2.15. The van der Waals surface area contributed by atoms with Gasteiger partial charge in [-0.05, 0) is 19.3 Å². The number of rotatable bonds is 34. The SMILES string of the molecule is CCCCCCCCCCCCCCCCCCc1[nH]cc[n+]1CCCCCCCCCCCCCCCCCC.[I-]. The Balaban J connectivity index is 0.0000168. The lowest BCUT2D eigenvalue weighted by Crippen LogP contribution is -3.00. The Hall–Kier alpha value is -0.0600. The van der Waals surface area contributed by atoms with Crippen molar-refractivity contribution in [3.63, 3.8) is 0 Å². The molecule has 0 atom stereocenters. The molecule has 3 heteroatoms. The molecule has 0 aliphatic carbocycles. The Kier molecular flexibility index (Phi) is 35.4. The molecule has 0 aliphatic heterocycles. The molecule has 0 saturated carbocycles. The second-order valence-electron chi connectivity index (χ2n) is 13.5. The Morgan fingerprint density at radius 2 is 0.690 bits per heavy atom. The molecule has 2 nitrogen and oxygen atoms in total. The number of nitrogens with zero attached hydrogens (tertiary/aromatic N) is 1. The number of aryl methyl sites for hydroxylation is 2. The normalized spacial score (nSPS) is 11.3. The Morgan fingerprint density at radius 1 is 0.405 bits per heavy atom. The van der Waals surface area contributed by atoms with Gasteiger partial charge in [-0.25, -0.2) is 9.55 Å². The van der Waals surface area contributed by atoms with E-state index in [0.29, 0.717) is 0 Å². The van der Waals surface area contributed by atoms with Crippen LogP contribution in [-0.4, -0.2) is 4.98 Å². The fourth-order valence-corrected chi connectivity index (χ4v) is 6.49. The summed E-state index contributed by atoms with van der Waals surface area (Å²) in [5, 5.41) is 0. The van der Waals surface area contributed by atoms with Gasteiger partial charge in [0.1, 0.15) is 12.4 Å². The van der Waals surface area contributed by atoms with E-state index in [1.54, 1.807) is 0 Å². The zero-order valence-electron chi connectivity index (χ0n) is 29.0. The summed E-state index contributed by atoms with van der Waals surface area (Å²) in [5.41, 5.74) is 0. The standard InChI is InChI=1S/C39H76N2.HI/c1-3-5-7-9-11-13-15-17-19-21-23-25-27-29-31-33-35-39-40-36-38-41(39)37-34-32-30-28-26-24-22-20-18-16-14-12-10-8-6-4-2;/h36,38H,3-35,37H2,1-2H3;1H. The number of H-pyrrole nitrogens is 1. The lowest BCUT2D eigenvalue weighted by atomic mass is 10.0. The molecule has 0 spiro atoms. The van der Waals surface area contributed by atoms with Crippen molar-refractivity contribution in [2.75, 3.05) is 0 Å². The molecular weight excluding hydrogens is 623 g/mol. The molecule has 0 amide bonds. The number of halogens is 1. The van der Waals surface area contributed by atoms with Crippen molar-refractivity contribution in [3.8, 4) is 0 Å². The van der Waals surface area contributed by atoms with E-state index in [9.17, 15) is 0 Å². The molecule has 0 fully saturated rings. The number of aromatic amines is 1. The van der Waals surface area contributed by atoms with Crippen LogP contribution in [0.4, 0.5) is 0 Å². The first-order valence-electron chi connectivity index (χ1n) is 19.4. The van der Waals surface area contributed by atoms with Gasteiger partial charge in [-0.15, -0.1) is 0 Å².